The van der Waals surface area contributed by atoms with Crippen LogP contribution in [0.4, 0.5) is 8.78 Å². The molecule has 1 aliphatic carbocycles. The second-order valence-corrected chi connectivity index (χ2v) is 11.1. The van der Waals surface area contributed by atoms with Crippen LogP contribution < -0.4 is 0 Å². The van der Waals surface area contributed by atoms with Crippen LogP contribution in [-0.2, 0) is 11.0 Å². The minimum atomic E-state index is -1.32. The average Bonchev–Trinajstić information content (AvgIpc) is 3.36. The number of carbonyl (C=O) groups excluding carboxylic acids is 1. The first kappa shape index (κ1) is 27.8. The number of oxazole rings is 1. The maximum atomic E-state index is 14.6. The molecular formula is C29H36F2N4O3. The summed E-state index contributed by atoms with van der Waals surface area (Å²) < 4.78 is 34.5. The molecule has 2 aromatic heterocycles. The topological polar surface area (TPSA) is 92.4 Å². The van der Waals surface area contributed by atoms with E-state index < -0.39 is 22.7 Å². The summed E-state index contributed by atoms with van der Waals surface area (Å²) in [6, 6.07) is 5.19. The fraction of sp³-hybridized carbons (Fsp3) is 0.517. The maximum Gasteiger partial charge on any atom is 0.276 e. The van der Waals surface area contributed by atoms with Gasteiger partial charge in [-0.2, -0.15) is 10.2 Å². The third-order valence-electron chi connectivity index (χ3n) is 8.10. The second-order valence-electron chi connectivity index (χ2n) is 11.1. The SMILES string of the molecule is CCN(C(=O)c1coc(C(C)(C)O)n1)[C@H](C)[C@@]1(C(C)C)CC[C@H](C)c2cc(-c3c(F)cccc3F)nnc21. The number of hydrogen-bond acceptors (Lipinski definition) is 6. The van der Waals surface area contributed by atoms with Crippen LogP contribution in [0.15, 0.2) is 34.9 Å². The van der Waals surface area contributed by atoms with E-state index in [-0.39, 0.29) is 46.6 Å². The molecule has 1 aliphatic rings. The van der Waals surface area contributed by atoms with Crippen LogP contribution in [0.2, 0.25) is 0 Å². The lowest BCUT2D eigenvalue weighted by atomic mass is 9.60. The summed E-state index contributed by atoms with van der Waals surface area (Å²) in [6.45, 7) is 13.7. The molecule has 0 saturated carbocycles. The van der Waals surface area contributed by atoms with Crippen LogP contribution in [0.3, 0.4) is 0 Å². The van der Waals surface area contributed by atoms with Gasteiger partial charge in [0.2, 0.25) is 5.89 Å². The highest BCUT2D eigenvalue weighted by atomic mass is 19.1. The molecule has 1 aromatic carbocycles. The summed E-state index contributed by atoms with van der Waals surface area (Å²) in [5.41, 5.74) is -0.150. The van der Waals surface area contributed by atoms with E-state index in [1.807, 2.05) is 13.8 Å². The summed E-state index contributed by atoms with van der Waals surface area (Å²) in [6.07, 6.45) is 2.86. The van der Waals surface area contributed by atoms with Crippen molar-refractivity contribution in [3.8, 4) is 11.3 Å². The van der Waals surface area contributed by atoms with Crippen molar-refractivity contribution in [1.29, 1.82) is 0 Å². The molecule has 0 bridgehead atoms. The quantitative estimate of drug-likeness (QED) is 0.407. The lowest BCUT2D eigenvalue weighted by Crippen LogP contribution is -2.56. The van der Waals surface area contributed by atoms with E-state index in [4.69, 9.17) is 4.42 Å². The Bertz CT molecular complexity index is 1310. The summed E-state index contributed by atoms with van der Waals surface area (Å²) in [4.78, 5) is 19.7. The van der Waals surface area contributed by atoms with Gasteiger partial charge in [0.05, 0.1) is 17.0 Å². The lowest BCUT2D eigenvalue weighted by Gasteiger charge is -2.50. The Morgan fingerprint density at radius 2 is 1.89 bits per heavy atom. The molecule has 1 N–H and O–H groups in total. The molecule has 4 rings (SSSR count). The number of aliphatic hydroxyl groups is 1. The number of fused-ring (bicyclic) bond motifs is 1. The Labute approximate surface area is 222 Å². The van der Waals surface area contributed by atoms with Crippen molar-refractivity contribution in [2.75, 3.05) is 6.54 Å². The Balaban J connectivity index is 1.80. The van der Waals surface area contributed by atoms with Gasteiger partial charge >= 0.3 is 0 Å². The van der Waals surface area contributed by atoms with Gasteiger partial charge in [-0.25, -0.2) is 13.8 Å². The lowest BCUT2D eigenvalue weighted by molar-refractivity contribution is 0.0468. The summed E-state index contributed by atoms with van der Waals surface area (Å²) >= 11 is 0. The van der Waals surface area contributed by atoms with E-state index in [1.54, 1.807) is 24.8 Å². The molecule has 0 unspecified atom stereocenters. The minimum Gasteiger partial charge on any atom is -0.445 e. The maximum absolute atomic E-state index is 14.6. The predicted octanol–water partition coefficient (Wildman–Crippen LogP) is 5.98. The van der Waals surface area contributed by atoms with Gasteiger partial charge in [-0.05, 0) is 76.1 Å². The molecule has 0 radical (unpaired) electrons. The molecule has 3 aromatic rings. The number of amides is 1. The van der Waals surface area contributed by atoms with E-state index in [9.17, 15) is 18.7 Å². The van der Waals surface area contributed by atoms with Crippen molar-refractivity contribution in [2.24, 2.45) is 5.92 Å². The number of rotatable bonds is 7. The van der Waals surface area contributed by atoms with Crippen LogP contribution >= 0.6 is 0 Å². The highest BCUT2D eigenvalue weighted by Gasteiger charge is 2.50. The van der Waals surface area contributed by atoms with Gasteiger partial charge in [-0.15, -0.1) is 0 Å². The van der Waals surface area contributed by atoms with Crippen LogP contribution in [0.25, 0.3) is 11.3 Å². The number of hydrogen-bond donors (Lipinski definition) is 1. The third-order valence-corrected chi connectivity index (χ3v) is 8.10. The Morgan fingerprint density at radius 1 is 1.24 bits per heavy atom. The first-order valence-corrected chi connectivity index (χ1v) is 13.1. The van der Waals surface area contributed by atoms with Crippen molar-refractivity contribution in [3.05, 3.63) is 65.0 Å². The molecular weight excluding hydrogens is 490 g/mol. The third kappa shape index (κ3) is 4.61. The predicted molar refractivity (Wildman–Crippen MR) is 139 cm³/mol. The van der Waals surface area contributed by atoms with Crippen molar-refractivity contribution in [2.45, 2.75) is 84.3 Å². The van der Waals surface area contributed by atoms with E-state index >= 15 is 0 Å². The Hall–Kier alpha value is -3.20. The largest absolute Gasteiger partial charge is 0.445 e. The van der Waals surface area contributed by atoms with Crippen LogP contribution in [-0.4, -0.2) is 43.7 Å². The van der Waals surface area contributed by atoms with E-state index in [2.05, 4.69) is 36.0 Å². The van der Waals surface area contributed by atoms with Gasteiger partial charge in [0.25, 0.3) is 5.91 Å². The van der Waals surface area contributed by atoms with Gasteiger partial charge in [0.1, 0.15) is 23.5 Å². The number of aromatic nitrogens is 3. The van der Waals surface area contributed by atoms with Gasteiger partial charge in [-0.1, -0.05) is 26.8 Å². The van der Waals surface area contributed by atoms with Crippen LogP contribution in [0.1, 0.15) is 94.9 Å². The van der Waals surface area contributed by atoms with Gasteiger partial charge in [0.15, 0.2) is 5.69 Å². The average molecular weight is 527 g/mol. The molecule has 204 valence electrons. The van der Waals surface area contributed by atoms with Gasteiger partial charge < -0.3 is 14.4 Å². The van der Waals surface area contributed by atoms with Crippen LogP contribution in [0.5, 0.6) is 0 Å². The number of halogens is 2. The van der Waals surface area contributed by atoms with Crippen molar-refractivity contribution < 1.29 is 23.1 Å². The van der Waals surface area contributed by atoms with Crippen molar-refractivity contribution in [1.82, 2.24) is 20.1 Å². The first-order valence-electron chi connectivity index (χ1n) is 13.1. The minimum absolute atomic E-state index is 0.0683. The number of carbonyl (C=O) groups is 1. The molecule has 0 aliphatic heterocycles. The standard InChI is InChI=1S/C29H36F2N4O3/c1-8-35(26(36)23-15-38-27(32-23)28(6,7)37)18(5)29(16(2)3)13-12-17(4)19-14-22(33-34-25(19)29)24-20(30)10-9-11-21(24)31/h9-11,14-18,37H,8,12-13H2,1-7H3/t17-,18+,29-/m0/s1. The molecule has 0 spiro atoms. The summed E-state index contributed by atoms with van der Waals surface area (Å²) in [5.74, 6) is -1.45. The zero-order valence-corrected chi connectivity index (χ0v) is 23.0. The van der Waals surface area contributed by atoms with Gasteiger partial charge in [0, 0.05) is 18.0 Å². The highest BCUT2D eigenvalue weighted by Crippen LogP contribution is 2.50. The molecule has 9 heteroatoms. The zero-order chi connectivity index (χ0) is 28.0. The number of benzene rings is 1. The molecule has 0 saturated heterocycles. The fourth-order valence-corrected chi connectivity index (χ4v) is 5.86. The molecule has 1 amide bonds. The van der Waals surface area contributed by atoms with Crippen LogP contribution in [0, 0.1) is 17.6 Å². The summed E-state index contributed by atoms with van der Waals surface area (Å²) in [7, 11) is 0. The first-order chi connectivity index (χ1) is 17.8. The van der Waals surface area contributed by atoms with Crippen molar-refractivity contribution in [3.63, 3.8) is 0 Å². The smallest absolute Gasteiger partial charge is 0.276 e. The fourth-order valence-electron chi connectivity index (χ4n) is 5.86. The van der Waals surface area contributed by atoms with Gasteiger partial charge in [-0.3, -0.25) is 4.79 Å². The number of nitrogens with zero attached hydrogens (tertiary/aromatic N) is 4. The van der Waals surface area contributed by atoms with E-state index in [0.29, 0.717) is 6.54 Å². The molecule has 3 atom stereocenters. The number of likely N-dealkylation sites (N-methyl/N-ethyl adjacent to an activating group) is 1. The molecule has 7 nitrogen and oxygen atoms in total. The molecule has 0 fully saturated rings. The Kier molecular flexibility index (Phi) is 7.45. The normalized spacial score (nSPS) is 20.3. The second kappa shape index (κ2) is 10.2. The monoisotopic (exact) mass is 526 g/mol. The Morgan fingerprint density at radius 3 is 2.45 bits per heavy atom. The van der Waals surface area contributed by atoms with E-state index in [1.165, 1.54) is 24.5 Å². The summed E-state index contributed by atoms with van der Waals surface area (Å²) in [5, 5.41) is 19.2. The zero-order valence-electron chi connectivity index (χ0n) is 23.0. The highest BCUT2D eigenvalue weighted by molar-refractivity contribution is 5.92. The molecule has 2 heterocycles. The van der Waals surface area contributed by atoms with Crippen molar-refractivity contribution >= 4 is 5.91 Å². The molecule has 38 heavy (non-hydrogen) atoms. The van der Waals surface area contributed by atoms with E-state index in [0.717, 1.165) is 24.1 Å².